The molecule has 10 heteroatoms. The summed E-state index contributed by atoms with van der Waals surface area (Å²) in [7, 11) is -2.90. The van der Waals surface area contributed by atoms with Crippen molar-refractivity contribution < 1.29 is 36.3 Å². The first-order chi connectivity index (χ1) is 11.6. The summed E-state index contributed by atoms with van der Waals surface area (Å²) in [5, 5.41) is 4.94. The highest BCUT2D eigenvalue weighted by molar-refractivity contribution is 7.89. The van der Waals surface area contributed by atoms with E-state index in [1.807, 2.05) is 0 Å². The number of primary sulfonamides is 1. The Kier molecular flexibility index (Phi) is 5.24. The molecule has 0 aliphatic heterocycles. The quantitative estimate of drug-likeness (QED) is 0.790. The van der Waals surface area contributed by atoms with Crippen molar-refractivity contribution in [2.24, 2.45) is 5.14 Å². The monoisotopic (exact) mass is 371 g/mol. The molecule has 0 atom stereocenters. The van der Waals surface area contributed by atoms with Crippen LogP contribution in [-0.4, -0.2) is 27.5 Å². The molecule has 2 aromatic rings. The van der Waals surface area contributed by atoms with Crippen LogP contribution in [0.3, 0.4) is 0 Å². The van der Waals surface area contributed by atoms with Crippen molar-refractivity contribution in [2.75, 3.05) is 7.11 Å². The van der Waals surface area contributed by atoms with E-state index in [1.165, 1.54) is 20.1 Å². The zero-order valence-corrected chi connectivity index (χ0v) is 14.1. The van der Waals surface area contributed by atoms with Gasteiger partial charge < -0.3 is 13.9 Å². The van der Waals surface area contributed by atoms with Gasteiger partial charge >= 0.3 is 11.9 Å². The Hall–Kier alpha value is -2.72. The van der Waals surface area contributed by atoms with Crippen molar-refractivity contribution >= 4 is 22.0 Å². The van der Waals surface area contributed by atoms with Crippen molar-refractivity contribution in [1.29, 1.82) is 0 Å². The molecule has 0 saturated carbocycles. The Balaban J connectivity index is 2.17. The van der Waals surface area contributed by atoms with Crippen LogP contribution < -0.4 is 5.14 Å². The van der Waals surface area contributed by atoms with Gasteiger partial charge in [0.25, 0.3) is 0 Å². The van der Waals surface area contributed by atoms with Gasteiger partial charge in [0, 0.05) is 0 Å². The Bertz CT molecular complexity index is 933. The van der Waals surface area contributed by atoms with Crippen molar-refractivity contribution in [2.45, 2.75) is 18.4 Å². The largest absolute Gasteiger partial charge is 0.465 e. The number of carbonyl (C=O) groups excluding carboxylic acids is 2. The molecule has 0 unspecified atom stereocenters. The van der Waals surface area contributed by atoms with E-state index in [0.29, 0.717) is 0 Å². The minimum atomic E-state index is -4.10. The number of aryl methyl sites for hydroxylation is 1. The Morgan fingerprint density at radius 1 is 1.20 bits per heavy atom. The van der Waals surface area contributed by atoms with Gasteiger partial charge in [-0.25, -0.2) is 27.5 Å². The summed E-state index contributed by atoms with van der Waals surface area (Å²) in [5.74, 6) is -2.31. The number of ether oxygens (including phenoxy) is 2. The molecule has 2 rings (SSSR count). The minimum absolute atomic E-state index is 0.134. The molecule has 0 aliphatic rings. The maximum absolute atomic E-state index is 13.7. The van der Waals surface area contributed by atoms with Crippen LogP contribution in [0.5, 0.6) is 0 Å². The predicted octanol–water partition coefficient (Wildman–Crippen LogP) is 1.52. The third-order valence-corrected chi connectivity index (χ3v) is 4.12. The van der Waals surface area contributed by atoms with Crippen LogP contribution in [0.4, 0.5) is 4.39 Å². The smallest absolute Gasteiger partial charge is 0.341 e. The molecule has 134 valence electrons. The number of furan rings is 1. The molecule has 25 heavy (non-hydrogen) atoms. The highest BCUT2D eigenvalue weighted by Gasteiger charge is 2.20. The summed E-state index contributed by atoms with van der Waals surface area (Å²) >= 11 is 0. The zero-order valence-electron chi connectivity index (χ0n) is 13.2. The van der Waals surface area contributed by atoms with E-state index >= 15 is 0 Å². The SMILES string of the molecule is COC(=O)c1cc(COC(=O)c2cc(S(N)(=O)=O)ccc2F)oc1C. The van der Waals surface area contributed by atoms with Crippen LogP contribution in [0.1, 0.15) is 32.2 Å². The van der Waals surface area contributed by atoms with Gasteiger partial charge in [-0.05, 0) is 31.2 Å². The molecule has 1 heterocycles. The fourth-order valence-electron chi connectivity index (χ4n) is 1.98. The molecule has 1 aromatic carbocycles. The molecule has 1 aromatic heterocycles. The number of hydrogen-bond donors (Lipinski definition) is 1. The number of carbonyl (C=O) groups is 2. The van der Waals surface area contributed by atoms with E-state index in [9.17, 15) is 22.4 Å². The third-order valence-electron chi connectivity index (χ3n) is 3.21. The lowest BCUT2D eigenvalue weighted by Crippen LogP contribution is -2.14. The average molecular weight is 371 g/mol. The number of methoxy groups -OCH3 is 1. The number of sulfonamides is 1. The van der Waals surface area contributed by atoms with E-state index in [0.717, 1.165) is 18.2 Å². The average Bonchev–Trinajstić information content (AvgIpc) is 2.92. The Labute approximate surface area is 142 Å². The first-order valence-corrected chi connectivity index (χ1v) is 8.35. The summed E-state index contributed by atoms with van der Waals surface area (Å²) in [6.45, 7) is 1.13. The molecule has 0 fully saturated rings. The highest BCUT2D eigenvalue weighted by atomic mass is 32.2. The van der Waals surface area contributed by atoms with Crippen molar-refractivity contribution in [3.05, 3.63) is 52.7 Å². The van der Waals surface area contributed by atoms with E-state index in [4.69, 9.17) is 14.3 Å². The fourth-order valence-corrected chi connectivity index (χ4v) is 2.52. The Morgan fingerprint density at radius 3 is 2.48 bits per heavy atom. The normalized spacial score (nSPS) is 11.2. The summed E-state index contributed by atoms with van der Waals surface area (Å²) in [6.07, 6.45) is 0. The molecular weight excluding hydrogens is 357 g/mol. The van der Waals surface area contributed by atoms with Crippen molar-refractivity contribution in [1.82, 2.24) is 0 Å². The van der Waals surface area contributed by atoms with Crippen LogP contribution in [0.25, 0.3) is 0 Å². The van der Waals surface area contributed by atoms with Gasteiger partial charge in [-0.2, -0.15) is 0 Å². The van der Waals surface area contributed by atoms with Gasteiger partial charge in [0.1, 0.15) is 29.5 Å². The summed E-state index contributed by atoms with van der Waals surface area (Å²) < 4.78 is 51.0. The maximum Gasteiger partial charge on any atom is 0.341 e. The fraction of sp³-hybridized carbons (Fsp3) is 0.200. The first-order valence-electron chi connectivity index (χ1n) is 6.80. The number of halogens is 1. The number of esters is 2. The van der Waals surface area contributed by atoms with Crippen molar-refractivity contribution in [3.63, 3.8) is 0 Å². The number of rotatable bonds is 5. The van der Waals surface area contributed by atoms with E-state index in [1.54, 1.807) is 0 Å². The van der Waals surface area contributed by atoms with Crippen LogP contribution in [-0.2, 0) is 26.1 Å². The van der Waals surface area contributed by atoms with Gasteiger partial charge in [0.15, 0.2) is 0 Å². The summed E-state index contributed by atoms with van der Waals surface area (Å²) in [6, 6.07) is 3.83. The molecule has 0 radical (unpaired) electrons. The molecule has 0 amide bonds. The molecule has 0 saturated heterocycles. The second-order valence-corrected chi connectivity index (χ2v) is 6.50. The van der Waals surface area contributed by atoms with Crippen LogP contribution >= 0.6 is 0 Å². The Morgan fingerprint density at radius 2 is 1.88 bits per heavy atom. The van der Waals surface area contributed by atoms with Gasteiger partial charge in [0.2, 0.25) is 10.0 Å². The summed E-state index contributed by atoms with van der Waals surface area (Å²) in [4.78, 5) is 23.0. The third kappa shape index (κ3) is 4.22. The topological polar surface area (TPSA) is 126 Å². The van der Waals surface area contributed by atoms with Crippen molar-refractivity contribution in [3.8, 4) is 0 Å². The highest BCUT2D eigenvalue weighted by Crippen LogP contribution is 2.19. The maximum atomic E-state index is 13.7. The standard InChI is InChI=1S/C15H14FNO7S/c1-8-11(14(18)22-2)5-9(24-8)7-23-15(19)12-6-10(25(17,20)21)3-4-13(12)16/h3-6H,7H2,1-2H3,(H2,17,20,21). The van der Waals surface area contributed by atoms with E-state index in [-0.39, 0.29) is 17.1 Å². The second kappa shape index (κ2) is 7.03. The molecule has 0 bridgehead atoms. The lowest BCUT2D eigenvalue weighted by Gasteiger charge is -2.06. The molecule has 0 spiro atoms. The van der Waals surface area contributed by atoms with Crippen LogP contribution in [0.15, 0.2) is 33.6 Å². The van der Waals surface area contributed by atoms with E-state index in [2.05, 4.69) is 4.74 Å². The molecular formula is C15H14FNO7S. The molecule has 0 aliphatic carbocycles. The predicted molar refractivity (Wildman–Crippen MR) is 81.7 cm³/mol. The summed E-state index contributed by atoms with van der Waals surface area (Å²) in [5.41, 5.74) is -0.432. The molecule has 2 N–H and O–H groups in total. The zero-order chi connectivity index (χ0) is 18.8. The second-order valence-electron chi connectivity index (χ2n) is 4.94. The van der Waals surface area contributed by atoms with Gasteiger partial charge in [-0.1, -0.05) is 0 Å². The van der Waals surface area contributed by atoms with E-state index < -0.39 is 44.8 Å². The van der Waals surface area contributed by atoms with Gasteiger partial charge in [-0.15, -0.1) is 0 Å². The molecule has 8 nitrogen and oxygen atoms in total. The van der Waals surface area contributed by atoms with Crippen LogP contribution in [0.2, 0.25) is 0 Å². The van der Waals surface area contributed by atoms with Crippen LogP contribution in [0, 0.1) is 12.7 Å². The minimum Gasteiger partial charge on any atom is -0.465 e. The number of hydrogen-bond acceptors (Lipinski definition) is 7. The van der Waals surface area contributed by atoms with Gasteiger partial charge in [-0.3, -0.25) is 0 Å². The first kappa shape index (κ1) is 18.6. The number of benzene rings is 1. The lowest BCUT2D eigenvalue weighted by atomic mass is 10.2. The number of nitrogens with two attached hydrogens (primary N) is 1. The van der Waals surface area contributed by atoms with Gasteiger partial charge in [0.05, 0.1) is 17.6 Å². The lowest BCUT2D eigenvalue weighted by molar-refractivity contribution is 0.0438.